The number of hydrogen-bond donors (Lipinski definition) is 3. The van der Waals surface area contributed by atoms with Crippen molar-refractivity contribution in [2.24, 2.45) is 11.5 Å². The van der Waals surface area contributed by atoms with Crippen molar-refractivity contribution in [2.75, 3.05) is 0 Å². The lowest BCUT2D eigenvalue weighted by Gasteiger charge is -2.22. The Hall–Kier alpha value is -1.74. The molecule has 0 saturated carbocycles. The van der Waals surface area contributed by atoms with Gasteiger partial charge in [0.15, 0.2) is 0 Å². The third-order valence-electron chi connectivity index (χ3n) is 3.51. The molecule has 0 aliphatic heterocycles. The van der Waals surface area contributed by atoms with E-state index in [4.69, 9.17) is 11.5 Å². The van der Waals surface area contributed by atoms with Crippen molar-refractivity contribution in [3.8, 4) is 0 Å². The van der Waals surface area contributed by atoms with Gasteiger partial charge >= 0.3 is 0 Å². The highest BCUT2D eigenvalue weighted by Gasteiger charge is 2.18. The molecule has 0 radical (unpaired) electrons. The van der Waals surface area contributed by atoms with Gasteiger partial charge in [-0.15, -0.1) is 0 Å². The van der Waals surface area contributed by atoms with Crippen LogP contribution in [0, 0.1) is 0 Å². The molecule has 0 saturated heterocycles. The van der Waals surface area contributed by atoms with Crippen LogP contribution in [-0.4, -0.2) is 10.5 Å². The normalized spacial score (nSPS) is 15.3. The van der Waals surface area contributed by atoms with E-state index in [1.165, 1.54) is 10.9 Å². The van der Waals surface area contributed by atoms with E-state index in [0.717, 1.165) is 23.9 Å². The average molecular weight is 243 g/mol. The summed E-state index contributed by atoms with van der Waals surface area (Å²) in [4.78, 5) is 3.33. The Balaban J connectivity index is 2.46. The number of nitrogens with two attached hydrogens (primary N) is 2. The summed E-state index contributed by atoms with van der Waals surface area (Å²) in [6.45, 7) is 4.22. The van der Waals surface area contributed by atoms with Gasteiger partial charge in [-0.2, -0.15) is 0 Å². The number of aromatic nitrogens is 1. The molecule has 0 spiro atoms. The number of rotatable bonds is 4. The van der Waals surface area contributed by atoms with Gasteiger partial charge in [0.2, 0.25) is 0 Å². The smallest absolute Gasteiger partial charge is 0.0530 e. The molecule has 1 heterocycles. The molecular weight excluding hydrogens is 222 g/mol. The standard InChI is InChI=1S/C15H21N3/c1-3-15(2,17)9-12-10-18-14-11(7-8-16)5-4-6-13(12)14/h4-8,10,18H,3,9,16-17H2,1-2H3/b8-7+. The van der Waals surface area contributed by atoms with Crippen molar-refractivity contribution in [1.82, 2.24) is 4.98 Å². The molecule has 1 atom stereocenters. The van der Waals surface area contributed by atoms with Crippen LogP contribution in [0.5, 0.6) is 0 Å². The summed E-state index contributed by atoms with van der Waals surface area (Å²) < 4.78 is 0. The second-order valence-electron chi connectivity index (χ2n) is 5.13. The molecular formula is C15H21N3. The lowest BCUT2D eigenvalue weighted by Crippen LogP contribution is -2.37. The van der Waals surface area contributed by atoms with E-state index in [9.17, 15) is 0 Å². The van der Waals surface area contributed by atoms with Crippen molar-refractivity contribution < 1.29 is 0 Å². The predicted molar refractivity (Wildman–Crippen MR) is 78.1 cm³/mol. The maximum absolute atomic E-state index is 6.25. The molecule has 1 aromatic heterocycles. The number of H-pyrrole nitrogens is 1. The Labute approximate surface area is 108 Å². The molecule has 3 heteroatoms. The average Bonchev–Trinajstić information content (AvgIpc) is 2.74. The lowest BCUT2D eigenvalue weighted by atomic mass is 9.91. The van der Waals surface area contributed by atoms with Gasteiger partial charge in [0.1, 0.15) is 0 Å². The Bertz CT molecular complexity index is 564. The minimum atomic E-state index is -0.158. The van der Waals surface area contributed by atoms with E-state index in [0.29, 0.717) is 0 Å². The summed E-state index contributed by atoms with van der Waals surface area (Å²) in [5.74, 6) is 0. The van der Waals surface area contributed by atoms with Gasteiger partial charge in [0.25, 0.3) is 0 Å². The molecule has 0 aliphatic rings. The van der Waals surface area contributed by atoms with Crippen LogP contribution in [0.2, 0.25) is 0 Å². The Kier molecular flexibility index (Phi) is 3.43. The highest BCUT2D eigenvalue weighted by Crippen LogP contribution is 2.25. The molecule has 18 heavy (non-hydrogen) atoms. The van der Waals surface area contributed by atoms with Crippen LogP contribution in [-0.2, 0) is 6.42 Å². The monoisotopic (exact) mass is 243 g/mol. The topological polar surface area (TPSA) is 67.8 Å². The fourth-order valence-corrected chi connectivity index (χ4v) is 2.18. The molecule has 5 N–H and O–H groups in total. The molecule has 0 fully saturated rings. The Morgan fingerprint density at radius 3 is 2.83 bits per heavy atom. The highest BCUT2D eigenvalue weighted by atomic mass is 14.7. The van der Waals surface area contributed by atoms with Crippen molar-refractivity contribution in [1.29, 1.82) is 0 Å². The molecule has 0 aliphatic carbocycles. The largest absolute Gasteiger partial charge is 0.405 e. The number of nitrogens with one attached hydrogen (secondary N) is 1. The number of aromatic amines is 1. The van der Waals surface area contributed by atoms with E-state index < -0.39 is 0 Å². The zero-order valence-corrected chi connectivity index (χ0v) is 11.0. The van der Waals surface area contributed by atoms with Gasteiger partial charge in [-0.3, -0.25) is 0 Å². The number of fused-ring (bicyclic) bond motifs is 1. The van der Waals surface area contributed by atoms with Gasteiger partial charge in [-0.1, -0.05) is 25.1 Å². The van der Waals surface area contributed by atoms with Crippen LogP contribution < -0.4 is 11.5 Å². The second kappa shape index (κ2) is 4.86. The highest BCUT2D eigenvalue weighted by molar-refractivity contribution is 5.90. The maximum atomic E-state index is 6.25. The van der Waals surface area contributed by atoms with Gasteiger partial charge in [-0.05, 0) is 43.2 Å². The van der Waals surface area contributed by atoms with E-state index in [2.05, 4.69) is 37.2 Å². The van der Waals surface area contributed by atoms with Crippen LogP contribution in [0.4, 0.5) is 0 Å². The molecule has 0 amide bonds. The molecule has 2 aromatic rings. The van der Waals surface area contributed by atoms with Crippen LogP contribution in [0.15, 0.2) is 30.6 Å². The van der Waals surface area contributed by atoms with Gasteiger partial charge < -0.3 is 16.5 Å². The molecule has 2 rings (SSSR count). The van der Waals surface area contributed by atoms with Gasteiger partial charge in [0.05, 0.1) is 5.52 Å². The zero-order valence-electron chi connectivity index (χ0n) is 11.0. The van der Waals surface area contributed by atoms with E-state index in [1.54, 1.807) is 6.20 Å². The van der Waals surface area contributed by atoms with Crippen molar-refractivity contribution in [3.05, 3.63) is 41.7 Å². The first-order valence-corrected chi connectivity index (χ1v) is 6.33. The number of para-hydroxylation sites is 1. The second-order valence-corrected chi connectivity index (χ2v) is 5.13. The molecule has 3 nitrogen and oxygen atoms in total. The summed E-state index contributed by atoms with van der Waals surface area (Å²) in [5, 5.41) is 1.23. The van der Waals surface area contributed by atoms with E-state index in [1.807, 2.05) is 12.1 Å². The van der Waals surface area contributed by atoms with E-state index in [-0.39, 0.29) is 5.54 Å². The summed E-state index contributed by atoms with van der Waals surface area (Å²) in [6, 6.07) is 6.23. The van der Waals surface area contributed by atoms with Crippen LogP contribution in [0.1, 0.15) is 31.4 Å². The van der Waals surface area contributed by atoms with E-state index >= 15 is 0 Å². The molecule has 1 aromatic carbocycles. The van der Waals surface area contributed by atoms with Crippen molar-refractivity contribution in [2.45, 2.75) is 32.2 Å². The summed E-state index contributed by atoms with van der Waals surface area (Å²) in [5.41, 5.74) is 15.1. The van der Waals surface area contributed by atoms with Crippen LogP contribution >= 0.6 is 0 Å². The maximum Gasteiger partial charge on any atom is 0.0530 e. The molecule has 96 valence electrons. The van der Waals surface area contributed by atoms with Crippen LogP contribution in [0.3, 0.4) is 0 Å². The first kappa shape index (κ1) is 12.7. The molecule has 1 unspecified atom stereocenters. The zero-order chi connectivity index (χ0) is 13.2. The summed E-state index contributed by atoms with van der Waals surface area (Å²) in [7, 11) is 0. The third-order valence-corrected chi connectivity index (χ3v) is 3.51. The van der Waals surface area contributed by atoms with Gasteiger partial charge in [0, 0.05) is 17.1 Å². The van der Waals surface area contributed by atoms with Crippen molar-refractivity contribution in [3.63, 3.8) is 0 Å². The molecule has 0 bridgehead atoms. The summed E-state index contributed by atoms with van der Waals surface area (Å²) >= 11 is 0. The number of hydrogen-bond acceptors (Lipinski definition) is 2. The van der Waals surface area contributed by atoms with Gasteiger partial charge in [-0.25, -0.2) is 0 Å². The Morgan fingerprint density at radius 2 is 2.17 bits per heavy atom. The third kappa shape index (κ3) is 2.41. The Morgan fingerprint density at radius 1 is 1.39 bits per heavy atom. The minimum absolute atomic E-state index is 0.158. The van der Waals surface area contributed by atoms with Crippen LogP contribution in [0.25, 0.3) is 17.0 Å². The quantitative estimate of drug-likeness (QED) is 0.773. The lowest BCUT2D eigenvalue weighted by molar-refractivity contribution is 0.451. The first-order chi connectivity index (χ1) is 8.57. The minimum Gasteiger partial charge on any atom is -0.405 e. The fraction of sp³-hybridized carbons (Fsp3) is 0.333. The number of benzene rings is 1. The first-order valence-electron chi connectivity index (χ1n) is 6.33. The summed E-state index contributed by atoms with van der Waals surface area (Å²) in [6.07, 6.45) is 7.36. The van der Waals surface area contributed by atoms with Crippen molar-refractivity contribution >= 4 is 17.0 Å². The SMILES string of the molecule is CCC(C)(N)Cc1c[nH]c2c(/C=C/N)cccc12. The predicted octanol–water partition coefficient (Wildman–Crippen LogP) is 2.77. The fourth-order valence-electron chi connectivity index (χ4n) is 2.18.